The molecule has 0 bridgehead atoms. The molecular weight excluding hydrogens is 393 g/mol. The molecule has 0 aliphatic heterocycles. The Bertz CT molecular complexity index is 753. The van der Waals surface area contributed by atoms with Crippen LogP contribution in [0, 0.1) is 0 Å². The number of rotatable bonds is 6. The van der Waals surface area contributed by atoms with Crippen LogP contribution in [0.5, 0.6) is 5.75 Å². The van der Waals surface area contributed by atoms with Gasteiger partial charge in [0, 0.05) is 4.90 Å². The number of benzene rings is 1. The maximum absolute atomic E-state index is 12.2. The molecule has 1 heterocycles. The van der Waals surface area contributed by atoms with Crippen molar-refractivity contribution in [2.24, 2.45) is 0 Å². The highest BCUT2D eigenvalue weighted by molar-refractivity contribution is 8.06. The molecule has 0 fully saturated rings. The first-order valence-corrected chi connectivity index (χ1v) is 9.59. The molecule has 0 atom stereocenters. The monoisotopic (exact) mass is 402 g/mol. The minimum absolute atomic E-state index is 0.169. The minimum Gasteiger partial charge on any atom is -0.497 e. The van der Waals surface area contributed by atoms with Gasteiger partial charge in [-0.25, -0.2) is 0 Å². The average molecular weight is 402 g/mol. The first-order chi connectivity index (χ1) is 10.7. The van der Waals surface area contributed by atoms with E-state index in [4.69, 9.17) is 4.74 Å². The Labute approximate surface area is 143 Å². The molecule has 4 nitrogen and oxygen atoms in total. The van der Waals surface area contributed by atoms with E-state index >= 15 is 0 Å². The molecule has 11 heteroatoms. The molecular formula is C12H9F3O4S4. The molecule has 126 valence electrons. The van der Waals surface area contributed by atoms with Crippen LogP contribution >= 0.6 is 35.1 Å². The summed E-state index contributed by atoms with van der Waals surface area (Å²) in [7, 11) is -4.05. The predicted molar refractivity (Wildman–Crippen MR) is 83.4 cm³/mol. The molecule has 0 aliphatic rings. The number of hydrogen-bond acceptors (Lipinski definition) is 7. The predicted octanol–water partition coefficient (Wildman–Crippen LogP) is 4.78. The normalized spacial score (nSPS) is 12.3. The molecule has 0 N–H and O–H groups in total. The molecule has 0 saturated carbocycles. The van der Waals surface area contributed by atoms with Crippen LogP contribution in [-0.4, -0.2) is 21.0 Å². The summed E-state index contributed by atoms with van der Waals surface area (Å²) in [5.41, 5.74) is -5.43. The zero-order valence-electron chi connectivity index (χ0n) is 11.4. The van der Waals surface area contributed by atoms with Gasteiger partial charge in [-0.05, 0) is 36.4 Å². The zero-order chi connectivity index (χ0) is 17.1. The van der Waals surface area contributed by atoms with E-state index in [0.29, 0.717) is 9.96 Å². The molecule has 0 radical (unpaired) electrons. The number of methoxy groups -OCH3 is 1. The minimum atomic E-state index is -5.60. The van der Waals surface area contributed by atoms with Crippen molar-refractivity contribution in [1.29, 1.82) is 0 Å². The van der Waals surface area contributed by atoms with Crippen molar-refractivity contribution >= 4 is 45.3 Å². The number of thiophene rings is 1. The lowest BCUT2D eigenvalue weighted by molar-refractivity contribution is -0.0494. The lowest BCUT2D eigenvalue weighted by Crippen LogP contribution is -2.23. The Morgan fingerprint density at radius 2 is 1.65 bits per heavy atom. The molecule has 0 unspecified atom stereocenters. The first-order valence-electron chi connectivity index (χ1n) is 5.80. The van der Waals surface area contributed by atoms with Crippen molar-refractivity contribution in [2.75, 3.05) is 7.11 Å². The van der Waals surface area contributed by atoms with Gasteiger partial charge in [0.15, 0.2) is 0 Å². The van der Waals surface area contributed by atoms with Gasteiger partial charge in [0.05, 0.1) is 27.6 Å². The van der Waals surface area contributed by atoms with Crippen LogP contribution in [-0.2, 0) is 13.7 Å². The molecule has 1 aromatic heterocycles. The van der Waals surface area contributed by atoms with Crippen LogP contribution in [0.2, 0.25) is 0 Å². The van der Waals surface area contributed by atoms with Gasteiger partial charge in [-0.1, -0.05) is 11.8 Å². The fourth-order valence-electron chi connectivity index (χ4n) is 1.28. The van der Waals surface area contributed by atoms with Crippen LogP contribution in [0.4, 0.5) is 13.2 Å². The van der Waals surface area contributed by atoms with Gasteiger partial charge in [-0.3, -0.25) is 0 Å². The quantitative estimate of drug-likeness (QED) is 0.512. The summed E-state index contributed by atoms with van der Waals surface area (Å²) in [5.74, 6) is 0.711. The fraction of sp³-hybridized carbons (Fsp3) is 0.167. The van der Waals surface area contributed by atoms with E-state index in [0.717, 1.165) is 20.4 Å². The first kappa shape index (κ1) is 18.5. The lowest BCUT2D eigenvalue weighted by Gasteiger charge is -2.05. The third-order valence-electron chi connectivity index (χ3n) is 2.32. The van der Waals surface area contributed by atoms with Crippen molar-refractivity contribution in [3.8, 4) is 5.75 Å². The molecule has 1 aromatic carbocycles. The topological polar surface area (TPSA) is 52.6 Å². The summed E-state index contributed by atoms with van der Waals surface area (Å²) in [6.07, 6.45) is 0. The largest absolute Gasteiger partial charge is 0.524 e. The Morgan fingerprint density at radius 3 is 2.22 bits per heavy atom. The van der Waals surface area contributed by atoms with E-state index in [-0.39, 0.29) is 12.0 Å². The Morgan fingerprint density at radius 1 is 1.04 bits per heavy atom. The second kappa shape index (κ2) is 7.34. The Hall–Kier alpha value is -0.880. The summed E-state index contributed by atoms with van der Waals surface area (Å²) < 4.78 is 68.1. The molecule has 2 rings (SSSR count). The Kier molecular flexibility index (Phi) is 5.89. The third kappa shape index (κ3) is 5.05. The number of hydrogen-bond donors (Lipinski definition) is 0. The van der Waals surface area contributed by atoms with E-state index < -0.39 is 15.6 Å². The highest BCUT2D eigenvalue weighted by Crippen LogP contribution is 2.39. The highest BCUT2D eigenvalue weighted by atomic mass is 32.3. The molecule has 2 aromatic rings. The second-order valence-electron chi connectivity index (χ2n) is 3.90. The summed E-state index contributed by atoms with van der Waals surface area (Å²) in [6.45, 7) is 0. The van der Waals surface area contributed by atoms with E-state index in [1.54, 1.807) is 25.3 Å². The van der Waals surface area contributed by atoms with E-state index in [1.807, 2.05) is 12.1 Å². The molecule has 0 spiro atoms. The maximum Gasteiger partial charge on any atom is 0.524 e. The van der Waals surface area contributed by atoms with Crippen molar-refractivity contribution < 1.29 is 30.0 Å². The number of alkyl halides is 3. The summed E-state index contributed by atoms with van der Waals surface area (Å²) in [4.78, 5) is 0.910. The summed E-state index contributed by atoms with van der Waals surface area (Å²) >= 11 is 2.68. The van der Waals surface area contributed by atoms with Crippen molar-refractivity contribution in [3.05, 3.63) is 36.4 Å². The average Bonchev–Trinajstić information content (AvgIpc) is 2.92. The maximum atomic E-state index is 12.2. The van der Waals surface area contributed by atoms with Gasteiger partial charge >= 0.3 is 15.6 Å². The fourth-order valence-corrected chi connectivity index (χ4v) is 4.99. The SMILES string of the molecule is COc1ccc(Sc2ccc(SOS(=O)(=O)C(F)(F)F)s2)cc1. The Balaban J connectivity index is 1.98. The molecule has 0 amide bonds. The molecule has 0 saturated heterocycles. The van der Waals surface area contributed by atoms with Gasteiger partial charge in [-0.15, -0.1) is 11.3 Å². The molecule has 0 aliphatic carbocycles. The smallest absolute Gasteiger partial charge is 0.497 e. The number of ether oxygens (including phenoxy) is 1. The highest BCUT2D eigenvalue weighted by Gasteiger charge is 2.48. The van der Waals surface area contributed by atoms with Crippen molar-refractivity contribution in [2.45, 2.75) is 18.8 Å². The van der Waals surface area contributed by atoms with Crippen LogP contribution in [0.15, 0.2) is 49.7 Å². The van der Waals surface area contributed by atoms with Gasteiger partial charge in [0.1, 0.15) is 5.75 Å². The standard InChI is InChI=1S/C12H9F3O4S4/c1-18-8-2-4-9(5-3-8)20-10-6-7-11(21-10)22-19-23(16,17)12(13,14)15/h2-7H,1H3. The summed E-state index contributed by atoms with van der Waals surface area (Å²) in [5, 5.41) is 0. The van der Waals surface area contributed by atoms with Gasteiger partial charge in [0.2, 0.25) is 0 Å². The summed E-state index contributed by atoms with van der Waals surface area (Å²) in [6, 6.07) is 10.4. The van der Waals surface area contributed by atoms with Crippen LogP contribution < -0.4 is 4.74 Å². The van der Waals surface area contributed by atoms with Gasteiger partial charge < -0.3 is 4.74 Å². The number of halogens is 3. The van der Waals surface area contributed by atoms with Crippen LogP contribution in [0.25, 0.3) is 0 Å². The van der Waals surface area contributed by atoms with E-state index in [9.17, 15) is 21.6 Å². The van der Waals surface area contributed by atoms with Crippen molar-refractivity contribution in [3.63, 3.8) is 0 Å². The zero-order valence-corrected chi connectivity index (χ0v) is 14.6. The third-order valence-corrected chi connectivity index (χ3v) is 6.65. The van der Waals surface area contributed by atoms with Crippen molar-refractivity contribution in [1.82, 2.24) is 0 Å². The van der Waals surface area contributed by atoms with E-state index in [1.165, 1.54) is 17.8 Å². The molecule has 23 heavy (non-hydrogen) atoms. The van der Waals surface area contributed by atoms with Crippen LogP contribution in [0.3, 0.4) is 0 Å². The van der Waals surface area contributed by atoms with Crippen LogP contribution in [0.1, 0.15) is 0 Å². The van der Waals surface area contributed by atoms with Gasteiger partial charge in [0.25, 0.3) is 0 Å². The lowest BCUT2D eigenvalue weighted by atomic mass is 10.3. The second-order valence-corrected chi connectivity index (χ2v) is 9.14. The van der Waals surface area contributed by atoms with Gasteiger partial charge in [-0.2, -0.15) is 25.2 Å². The van der Waals surface area contributed by atoms with E-state index in [2.05, 4.69) is 3.63 Å².